The lowest BCUT2D eigenvalue weighted by Crippen LogP contribution is -2.11. The SMILES string of the molecule is N#Cc1c(F)cc(OC(=O)c2ccc(-c3ncccn3)cc2F)cc1F. The van der Waals surface area contributed by atoms with Gasteiger partial charge in [0.15, 0.2) is 5.82 Å². The molecule has 1 heterocycles. The van der Waals surface area contributed by atoms with Crippen molar-refractivity contribution in [1.82, 2.24) is 9.97 Å². The van der Waals surface area contributed by atoms with Gasteiger partial charge in [0.25, 0.3) is 0 Å². The fraction of sp³-hybridized carbons (Fsp3) is 0. The lowest BCUT2D eigenvalue weighted by atomic mass is 10.1. The summed E-state index contributed by atoms with van der Waals surface area (Å²) in [6, 6.07) is 7.90. The van der Waals surface area contributed by atoms with Crippen LogP contribution in [0.2, 0.25) is 0 Å². The van der Waals surface area contributed by atoms with Crippen molar-refractivity contribution in [3.05, 3.63) is 77.4 Å². The zero-order valence-corrected chi connectivity index (χ0v) is 12.9. The van der Waals surface area contributed by atoms with Crippen LogP contribution in [0.5, 0.6) is 5.75 Å². The highest BCUT2D eigenvalue weighted by atomic mass is 19.1. The highest BCUT2D eigenvalue weighted by Gasteiger charge is 2.18. The van der Waals surface area contributed by atoms with Gasteiger partial charge in [0.05, 0.1) is 5.56 Å². The monoisotopic (exact) mass is 355 g/mol. The zero-order valence-electron chi connectivity index (χ0n) is 12.9. The van der Waals surface area contributed by atoms with Crippen LogP contribution < -0.4 is 4.74 Å². The highest BCUT2D eigenvalue weighted by Crippen LogP contribution is 2.23. The Morgan fingerprint density at radius 1 is 1.00 bits per heavy atom. The van der Waals surface area contributed by atoms with Crippen molar-refractivity contribution < 1.29 is 22.7 Å². The van der Waals surface area contributed by atoms with Crippen molar-refractivity contribution in [3.63, 3.8) is 0 Å². The van der Waals surface area contributed by atoms with Gasteiger partial charge in [-0.1, -0.05) is 6.07 Å². The van der Waals surface area contributed by atoms with Crippen LogP contribution in [0.15, 0.2) is 48.8 Å². The second-order valence-electron chi connectivity index (χ2n) is 5.03. The maximum Gasteiger partial charge on any atom is 0.346 e. The first-order valence-corrected chi connectivity index (χ1v) is 7.18. The molecule has 0 amide bonds. The number of nitriles is 1. The zero-order chi connectivity index (χ0) is 18.7. The van der Waals surface area contributed by atoms with Gasteiger partial charge in [-0.15, -0.1) is 0 Å². The molecule has 8 heteroatoms. The van der Waals surface area contributed by atoms with E-state index < -0.39 is 40.3 Å². The molecule has 3 rings (SSSR count). The van der Waals surface area contributed by atoms with Crippen molar-refractivity contribution in [2.24, 2.45) is 0 Å². The third kappa shape index (κ3) is 3.37. The molecule has 0 spiro atoms. The summed E-state index contributed by atoms with van der Waals surface area (Å²) in [5.74, 6) is -4.65. The Balaban J connectivity index is 1.86. The molecule has 5 nitrogen and oxygen atoms in total. The number of carbonyl (C=O) groups excluding carboxylic acids is 1. The summed E-state index contributed by atoms with van der Waals surface area (Å²) in [6.07, 6.45) is 2.97. The minimum Gasteiger partial charge on any atom is -0.423 e. The van der Waals surface area contributed by atoms with Crippen molar-refractivity contribution in [1.29, 1.82) is 5.26 Å². The lowest BCUT2D eigenvalue weighted by Gasteiger charge is -2.07. The molecule has 0 atom stereocenters. The third-order valence-corrected chi connectivity index (χ3v) is 3.35. The van der Waals surface area contributed by atoms with E-state index in [-0.39, 0.29) is 5.82 Å². The van der Waals surface area contributed by atoms with Gasteiger partial charge in [0.2, 0.25) is 0 Å². The fourth-order valence-corrected chi connectivity index (χ4v) is 2.15. The van der Waals surface area contributed by atoms with Gasteiger partial charge in [0.1, 0.15) is 34.8 Å². The Hall–Kier alpha value is -3.73. The maximum atomic E-state index is 14.2. The van der Waals surface area contributed by atoms with Crippen LogP contribution >= 0.6 is 0 Å². The number of nitrogens with zero attached hydrogens (tertiary/aromatic N) is 3. The molecule has 0 radical (unpaired) electrons. The third-order valence-electron chi connectivity index (χ3n) is 3.35. The van der Waals surface area contributed by atoms with Crippen LogP contribution in [0.3, 0.4) is 0 Å². The van der Waals surface area contributed by atoms with Crippen molar-refractivity contribution in [2.75, 3.05) is 0 Å². The molecular weight excluding hydrogens is 347 g/mol. The molecule has 1 aromatic heterocycles. The van der Waals surface area contributed by atoms with Gasteiger partial charge in [0, 0.05) is 30.1 Å². The number of esters is 1. The molecule has 0 N–H and O–H groups in total. The fourth-order valence-electron chi connectivity index (χ4n) is 2.15. The molecule has 0 saturated carbocycles. The highest BCUT2D eigenvalue weighted by molar-refractivity contribution is 5.91. The Morgan fingerprint density at radius 2 is 1.65 bits per heavy atom. The molecule has 0 saturated heterocycles. The number of ether oxygens (including phenoxy) is 1. The molecule has 128 valence electrons. The summed E-state index contributed by atoms with van der Waals surface area (Å²) in [5.41, 5.74) is -0.895. The average Bonchev–Trinajstić information content (AvgIpc) is 2.62. The van der Waals surface area contributed by atoms with Crippen molar-refractivity contribution in [3.8, 4) is 23.2 Å². The molecule has 0 unspecified atom stereocenters. The molecule has 0 aliphatic heterocycles. The van der Waals surface area contributed by atoms with Crippen LogP contribution in [-0.4, -0.2) is 15.9 Å². The first-order valence-electron chi connectivity index (χ1n) is 7.18. The normalized spacial score (nSPS) is 10.2. The van der Waals surface area contributed by atoms with Crippen LogP contribution in [0, 0.1) is 28.8 Å². The number of benzene rings is 2. The standard InChI is InChI=1S/C18H8F3N3O2/c19-14-6-10(17-23-4-1-5-24-17)2-3-12(14)18(25)26-11-7-15(20)13(9-22)16(21)8-11/h1-8H. The van der Waals surface area contributed by atoms with E-state index in [0.29, 0.717) is 17.7 Å². The maximum absolute atomic E-state index is 14.2. The van der Waals surface area contributed by atoms with E-state index in [9.17, 15) is 18.0 Å². The summed E-state index contributed by atoms with van der Waals surface area (Å²) in [6.45, 7) is 0. The summed E-state index contributed by atoms with van der Waals surface area (Å²) in [5, 5.41) is 8.61. The number of hydrogen-bond donors (Lipinski definition) is 0. The Labute approximate surface area is 145 Å². The summed E-state index contributed by atoms with van der Waals surface area (Å²) in [7, 11) is 0. The predicted molar refractivity (Wildman–Crippen MR) is 83.5 cm³/mol. The largest absolute Gasteiger partial charge is 0.423 e. The van der Waals surface area contributed by atoms with Crippen LogP contribution in [0.25, 0.3) is 11.4 Å². The molecule has 0 fully saturated rings. The summed E-state index contributed by atoms with van der Waals surface area (Å²) < 4.78 is 46.1. The first-order chi connectivity index (χ1) is 12.5. The topological polar surface area (TPSA) is 75.9 Å². The van der Waals surface area contributed by atoms with E-state index in [1.54, 1.807) is 6.07 Å². The van der Waals surface area contributed by atoms with E-state index in [1.165, 1.54) is 24.5 Å². The molecular formula is C18H8F3N3O2. The molecule has 2 aromatic carbocycles. The average molecular weight is 355 g/mol. The van der Waals surface area contributed by atoms with E-state index in [2.05, 4.69) is 9.97 Å². The molecule has 0 aliphatic carbocycles. The van der Waals surface area contributed by atoms with E-state index in [4.69, 9.17) is 10.00 Å². The van der Waals surface area contributed by atoms with Crippen LogP contribution in [0.1, 0.15) is 15.9 Å². The van der Waals surface area contributed by atoms with Gasteiger partial charge in [-0.05, 0) is 18.2 Å². The summed E-state index contributed by atoms with van der Waals surface area (Å²) in [4.78, 5) is 20.0. The number of halogens is 3. The summed E-state index contributed by atoms with van der Waals surface area (Å²) >= 11 is 0. The van der Waals surface area contributed by atoms with Crippen LogP contribution in [-0.2, 0) is 0 Å². The van der Waals surface area contributed by atoms with Gasteiger partial charge >= 0.3 is 5.97 Å². The minimum atomic E-state index is -1.19. The number of rotatable bonds is 3. The van der Waals surface area contributed by atoms with Crippen LogP contribution in [0.4, 0.5) is 13.2 Å². The van der Waals surface area contributed by atoms with E-state index in [0.717, 1.165) is 12.1 Å². The van der Waals surface area contributed by atoms with Gasteiger partial charge in [-0.2, -0.15) is 5.26 Å². The van der Waals surface area contributed by atoms with E-state index >= 15 is 0 Å². The van der Waals surface area contributed by atoms with E-state index in [1.807, 2.05) is 0 Å². The number of carbonyl (C=O) groups is 1. The molecule has 0 aliphatic rings. The molecule has 26 heavy (non-hydrogen) atoms. The second kappa shape index (κ2) is 7.03. The van der Waals surface area contributed by atoms with Gasteiger partial charge in [-0.3, -0.25) is 0 Å². The predicted octanol–water partition coefficient (Wildman–Crippen LogP) is 3.65. The quantitative estimate of drug-likeness (QED) is 0.529. The van der Waals surface area contributed by atoms with Gasteiger partial charge in [-0.25, -0.2) is 27.9 Å². The minimum absolute atomic E-state index is 0.266. The molecule has 0 bridgehead atoms. The van der Waals surface area contributed by atoms with Crippen molar-refractivity contribution >= 4 is 5.97 Å². The Bertz CT molecular complexity index is 1010. The first kappa shape index (κ1) is 17.1. The number of hydrogen-bond acceptors (Lipinski definition) is 5. The Kier molecular flexibility index (Phi) is 4.62. The second-order valence-corrected chi connectivity index (χ2v) is 5.03. The molecule has 3 aromatic rings. The number of aromatic nitrogens is 2. The smallest absolute Gasteiger partial charge is 0.346 e. The Morgan fingerprint density at radius 3 is 2.23 bits per heavy atom. The van der Waals surface area contributed by atoms with Crippen molar-refractivity contribution in [2.45, 2.75) is 0 Å². The van der Waals surface area contributed by atoms with Gasteiger partial charge < -0.3 is 4.74 Å². The lowest BCUT2D eigenvalue weighted by molar-refractivity contribution is 0.0729.